The summed E-state index contributed by atoms with van der Waals surface area (Å²) in [5.41, 5.74) is 0. The SMILES string of the molecule is CCCCCCCCCCCCCCCCCCC(=O)OC[C@H](COP(=O)(O)OC[C@@H](O)COP(=O)(O)OC[C@@H](COC(=O)CCCCCCCCCC(C)C)OC(=O)CCCCCCCCCCCCCCC(C)C)OC(=O)CCCCCCCCCCCCCCCCC(C)CC. The predicted molar refractivity (Wildman–Crippen MR) is 405 cm³/mol. The summed E-state index contributed by atoms with van der Waals surface area (Å²) < 4.78 is 68.7. The summed E-state index contributed by atoms with van der Waals surface area (Å²) in [6, 6.07) is 0. The zero-order chi connectivity index (χ0) is 73.0. The number of aliphatic hydroxyl groups is 1. The minimum Gasteiger partial charge on any atom is -0.462 e. The summed E-state index contributed by atoms with van der Waals surface area (Å²) in [4.78, 5) is 73.0. The maximum Gasteiger partial charge on any atom is 0.472 e. The maximum absolute atomic E-state index is 13.1. The van der Waals surface area contributed by atoms with Crippen LogP contribution in [0.15, 0.2) is 0 Å². The Morgan fingerprint density at radius 3 is 0.768 bits per heavy atom. The molecule has 0 fully saturated rings. The first kappa shape index (κ1) is 97.1. The lowest BCUT2D eigenvalue weighted by Crippen LogP contribution is -2.30. The Bertz CT molecular complexity index is 1920. The van der Waals surface area contributed by atoms with Crippen molar-refractivity contribution in [1.29, 1.82) is 0 Å². The number of rotatable bonds is 78. The minimum absolute atomic E-state index is 0.106. The maximum atomic E-state index is 13.1. The van der Waals surface area contributed by atoms with Crippen LogP contribution < -0.4 is 0 Å². The highest BCUT2D eigenvalue weighted by Gasteiger charge is 2.30. The van der Waals surface area contributed by atoms with Gasteiger partial charge in [0.25, 0.3) is 0 Å². The van der Waals surface area contributed by atoms with Gasteiger partial charge in [0.15, 0.2) is 12.2 Å². The zero-order valence-corrected chi connectivity index (χ0v) is 66.8. The molecule has 6 atom stereocenters. The van der Waals surface area contributed by atoms with Crippen LogP contribution in [0.5, 0.6) is 0 Å². The standard InChI is InChI=1S/C80H156O17P2/c1-8-10-11-12-13-14-15-16-17-18-22-28-33-40-47-54-61-77(82)90-67-75(96-79(84)63-56-49-41-34-29-23-20-19-21-27-32-39-46-53-60-73(7)9-2)69-94-98(86,87)92-65-74(81)66-93-99(88,89)95-70-76(68-91-78(83)62-55-48-43-36-38-45-52-59-72(5)6)97-80(85)64-57-50-42-35-30-25-24-26-31-37-44-51-58-71(3)4/h71-76,81H,8-70H2,1-7H3,(H,86,87)(H,88,89)/t73?,74-,75-,76-/m1/s1. The quantitative estimate of drug-likeness (QED) is 0.0222. The number of esters is 4. The summed E-state index contributed by atoms with van der Waals surface area (Å²) in [5.74, 6) is 0.215. The fraction of sp³-hybridized carbons (Fsp3) is 0.950. The predicted octanol–water partition coefficient (Wildman–Crippen LogP) is 23.7. The van der Waals surface area contributed by atoms with Crippen molar-refractivity contribution >= 4 is 39.5 Å². The molecular formula is C80H156O17P2. The van der Waals surface area contributed by atoms with Gasteiger partial charge in [-0.2, -0.15) is 0 Å². The molecular weight excluding hydrogens is 1290 g/mol. The first-order valence-electron chi connectivity index (χ1n) is 41.4. The largest absolute Gasteiger partial charge is 0.472 e. The van der Waals surface area contributed by atoms with Crippen molar-refractivity contribution in [2.75, 3.05) is 39.6 Å². The van der Waals surface area contributed by atoms with E-state index in [9.17, 15) is 43.2 Å². The van der Waals surface area contributed by atoms with E-state index in [4.69, 9.17) is 37.0 Å². The lowest BCUT2D eigenvalue weighted by Gasteiger charge is -2.21. The van der Waals surface area contributed by atoms with Crippen molar-refractivity contribution in [1.82, 2.24) is 0 Å². The number of carbonyl (C=O) groups is 4. The van der Waals surface area contributed by atoms with E-state index in [2.05, 4.69) is 48.5 Å². The molecule has 0 rings (SSSR count). The number of phosphoric acid groups is 2. The van der Waals surface area contributed by atoms with Crippen molar-refractivity contribution in [2.45, 2.75) is 433 Å². The van der Waals surface area contributed by atoms with Gasteiger partial charge in [0.05, 0.1) is 26.4 Å². The minimum atomic E-state index is -4.96. The van der Waals surface area contributed by atoms with Crippen LogP contribution in [0.1, 0.15) is 414 Å². The molecule has 0 amide bonds. The molecule has 0 saturated carbocycles. The van der Waals surface area contributed by atoms with Crippen molar-refractivity contribution in [2.24, 2.45) is 17.8 Å². The van der Waals surface area contributed by atoms with Crippen molar-refractivity contribution in [3.05, 3.63) is 0 Å². The monoisotopic (exact) mass is 1450 g/mol. The van der Waals surface area contributed by atoms with Crippen LogP contribution in [0.3, 0.4) is 0 Å². The molecule has 0 bridgehead atoms. The van der Waals surface area contributed by atoms with Crippen LogP contribution in [-0.2, 0) is 65.4 Å². The van der Waals surface area contributed by atoms with Gasteiger partial charge in [0, 0.05) is 25.7 Å². The molecule has 0 aliphatic rings. The summed E-state index contributed by atoms with van der Waals surface area (Å²) >= 11 is 0. The molecule has 3 unspecified atom stereocenters. The Labute approximate surface area is 607 Å². The number of unbranched alkanes of at least 4 members (excludes halogenated alkanes) is 45. The number of hydrogen-bond acceptors (Lipinski definition) is 15. The van der Waals surface area contributed by atoms with E-state index in [-0.39, 0.29) is 25.7 Å². The first-order chi connectivity index (χ1) is 47.8. The fourth-order valence-corrected chi connectivity index (χ4v) is 13.9. The van der Waals surface area contributed by atoms with E-state index in [1.165, 1.54) is 218 Å². The molecule has 0 radical (unpaired) electrons. The van der Waals surface area contributed by atoms with Gasteiger partial charge >= 0.3 is 39.5 Å². The van der Waals surface area contributed by atoms with Gasteiger partial charge in [0.2, 0.25) is 0 Å². The highest BCUT2D eigenvalue weighted by atomic mass is 31.2. The number of ether oxygens (including phenoxy) is 4. The number of aliphatic hydroxyl groups excluding tert-OH is 1. The van der Waals surface area contributed by atoms with Crippen LogP contribution in [-0.4, -0.2) is 96.7 Å². The summed E-state index contributed by atoms with van der Waals surface area (Å²) in [5, 5.41) is 10.6. The van der Waals surface area contributed by atoms with Gasteiger partial charge in [-0.1, -0.05) is 363 Å². The third-order valence-electron chi connectivity index (χ3n) is 19.0. The van der Waals surface area contributed by atoms with Gasteiger partial charge in [-0.25, -0.2) is 9.13 Å². The zero-order valence-electron chi connectivity index (χ0n) is 65.0. The Morgan fingerprint density at radius 1 is 0.293 bits per heavy atom. The molecule has 0 heterocycles. The smallest absolute Gasteiger partial charge is 0.462 e. The van der Waals surface area contributed by atoms with Crippen LogP contribution in [0, 0.1) is 17.8 Å². The summed E-state index contributed by atoms with van der Waals surface area (Å²) in [6.45, 7) is 11.9. The van der Waals surface area contributed by atoms with Gasteiger partial charge in [-0.05, 0) is 43.4 Å². The van der Waals surface area contributed by atoms with Crippen molar-refractivity contribution < 1.29 is 80.2 Å². The third kappa shape index (κ3) is 72.8. The molecule has 0 aliphatic heterocycles. The molecule has 19 heteroatoms. The molecule has 0 saturated heterocycles. The average Bonchev–Trinajstić information content (AvgIpc) is 1.12. The second-order valence-electron chi connectivity index (χ2n) is 30.0. The van der Waals surface area contributed by atoms with Gasteiger partial charge < -0.3 is 33.8 Å². The van der Waals surface area contributed by atoms with E-state index in [1.807, 2.05) is 0 Å². The highest BCUT2D eigenvalue weighted by Crippen LogP contribution is 2.45. The Hall–Kier alpha value is -1.94. The van der Waals surface area contributed by atoms with Crippen LogP contribution in [0.2, 0.25) is 0 Å². The summed E-state index contributed by atoms with van der Waals surface area (Å²) in [7, 11) is -9.92. The Kier molecular flexibility index (Phi) is 69.0. The molecule has 3 N–H and O–H groups in total. The highest BCUT2D eigenvalue weighted by molar-refractivity contribution is 7.47. The van der Waals surface area contributed by atoms with Gasteiger partial charge in [0.1, 0.15) is 19.3 Å². The molecule has 99 heavy (non-hydrogen) atoms. The molecule has 0 spiro atoms. The van der Waals surface area contributed by atoms with Crippen molar-refractivity contribution in [3.8, 4) is 0 Å². The molecule has 0 aromatic carbocycles. The number of hydrogen-bond donors (Lipinski definition) is 3. The van der Waals surface area contributed by atoms with Crippen LogP contribution in [0.4, 0.5) is 0 Å². The van der Waals surface area contributed by atoms with E-state index in [1.54, 1.807) is 0 Å². The molecule has 0 aromatic rings. The molecule has 588 valence electrons. The van der Waals surface area contributed by atoms with Crippen LogP contribution in [0.25, 0.3) is 0 Å². The first-order valence-corrected chi connectivity index (χ1v) is 44.4. The topological polar surface area (TPSA) is 237 Å². The lowest BCUT2D eigenvalue weighted by atomic mass is 9.99. The second kappa shape index (κ2) is 70.4. The van der Waals surface area contributed by atoms with Gasteiger partial charge in [-0.3, -0.25) is 37.3 Å². The van der Waals surface area contributed by atoms with E-state index in [0.717, 1.165) is 108 Å². The lowest BCUT2D eigenvalue weighted by molar-refractivity contribution is -0.161. The van der Waals surface area contributed by atoms with Gasteiger partial charge in [-0.15, -0.1) is 0 Å². The Balaban J connectivity index is 5.25. The van der Waals surface area contributed by atoms with E-state index < -0.39 is 97.5 Å². The molecule has 17 nitrogen and oxygen atoms in total. The Morgan fingerprint density at radius 2 is 0.515 bits per heavy atom. The normalized spacial score (nSPS) is 14.3. The molecule has 0 aliphatic carbocycles. The van der Waals surface area contributed by atoms with E-state index in [0.29, 0.717) is 31.6 Å². The average molecular weight is 1450 g/mol. The van der Waals surface area contributed by atoms with Crippen molar-refractivity contribution in [3.63, 3.8) is 0 Å². The van der Waals surface area contributed by atoms with E-state index >= 15 is 0 Å². The summed E-state index contributed by atoms with van der Waals surface area (Å²) in [6.07, 6.45) is 58.2. The molecule has 0 aromatic heterocycles. The second-order valence-corrected chi connectivity index (χ2v) is 32.9. The fourth-order valence-electron chi connectivity index (χ4n) is 12.3. The number of carbonyl (C=O) groups excluding carboxylic acids is 4. The number of phosphoric ester groups is 2. The third-order valence-corrected chi connectivity index (χ3v) is 20.9. The van der Waals surface area contributed by atoms with Crippen LogP contribution >= 0.6 is 15.6 Å².